The lowest BCUT2D eigenvalue weighted by Gasteiger charge is -2.15. The number of aliphatic hydroxyl groups is 1. The molecule has 0 aromatic rings. The number of aliphatic hydroxyl groups excluding tert-OH is 1. The van der Waals surface area contributed by atoms with Gasteiger partial charge in [-0.05, 0) is 36.0 Å². The Labute approximate surface area is 60.1 Å². The fourth-order valence-electron chi connectivity index (χ4n) is 2.01. The third-order valence-electron chi connectivity index (χ3n) is 2.58. The van der Waals surface area contributed by atoms with Gasteiger partial charge in [-0.1, -0.05) is 12.2 Å². The Morgan fingerprint density at radius 3 is 2.56 bits per heavy atom. The molecule has 0 heterocycles. The molecular formula is C7H10OS. The molecule has 2 rings (SSSR count). The minimum absolute atomic E-state index is 0.0262. The van der Waals surface area contributed by atoms with Gasteiger partial charge in [0.15, 0.2) is 0 Å². The molecule has 2 bridgehead atoms. The van der Waals surface area contributed by atoms with Gasteiger partial charge in [0.05, 0.1) is 6.10 Å². The molecule has 1 nitrogen and oxygen atoms in total. The summed E-state index contributed by atoms with van der Waals surface area (Å²) in [5, 5.41) is 9.28. The molecule has 0 aromatic carbocycles. The molecule has 9 heavy (non-hydrogen) atoms. The largest absolute Gasteiger partial charge is 0.393 e. The topological polar surface area (TPSA) is 20.2 Å². The Hall–Kier alpha value is 0.0500. The highest BCUT2D eigenvalue weighted by atomic mass is 32.1. The molecule has 2 fully saturated rings. The first-order chi connectivity index (χ1) is 4.27. The van der Waals surface area contributed by atoms with Crippen LogP contribution in [0.25, 0.3) is 0 Å². The third-order valence-corrected chi connectivity index (χ3v) is 3.08. The molecule has 1 N–H and O–H groups in total. The molecule has 2 heteroatoms. The summed E-state index contributed by atoms with van der Waals surface area (Å²) in [4.78, 5) is 1.21. The zero-order valence-corrected chi connectivity index (χ0v) is 6.03. The maximum atomic E-state index is 9.28. The lowest BCUT2D eigenvalue weighted by molar-refractivity contribution is 0.131. The highest BCUT2D eigenvalue weighted by Crippen LogP contribution is 2.42. The van der Waals surface area contributed by atoms with Crippen LogP contribution in [0.5, 0.6) is 0 Å². The van der Waals surface area contributed by atoms with Gasteiger partial charge in [-0.2, -0.15) is 0 Å². The molecule has 0 unspecified atom stereocenters. The minimum Gasteiger partial charge on any atom is -0.393 e. The molecule has 0 spiro atoms. The van der Waals surface area contributed by atoms with E-state index in [0.717, 1.165) is 12.8 Å². The Bertz CT molecular complexity index is 153. The van der Waals surface area contributed by atoms with Crippen molar-refractivity contribution in [2.45, 2.75) is 25.4 Å². The maximum Gasteiger partial charge on any atom is 0.0578 e. The Balaban J connectivity index is 2.19. The van der Waals surface area contributed by atoms with Crippen LogP contribution in [0.2, 0.25) is 0 Å². The van der Waals surface area contributed by atoms with Crippen molar-refractivity contribution in [2.75, 3.05) is 0 Å². The first kappa shape index (κ1) is 5.81. The summed E-state index contributed by atoms with van der Waals surface area (Å²) in [5.41, 5.74) is 0. The smallest absolute Gasteiger partial charge is 0.0578 e. The van der Waals surface area contributed by atoms with Crippen LogP contribution in [-0.4, -0.2) is 16.1 Å². The monoisotopic (exact) mass is 142 g/mol. The molecule has 2 saturated carbocycles. The first-order valence-corrected chi connectivity index (χ1v) is 3.89. The van der Waals surface area contributed by atoms with Crippen molar-refractivity contribution in [3.05, 3.63) is 0 Å². The van der Waals surface area contributed by atoms with Crippen LogP contribution in [-0.2, 0) is 0 Å². The van der Waals surface area contributed by atoms with E-state index >= 15 is 0 Å². The number of hydrogen-bond acceptors (Lipinski definition) is 2. The number of hydrogen-bond donors (Lipinski definition) is 1. The molecule has 0 amide bonds. The van der Waals surface area contributed by atoms with Crippen LogP contribution < -0.4 is 0 Å². The van der Waals surface area contributed by atoms with E-state index in [4.69, 9.17) is 12.2 Å². The van der Waals surface area contributed by atoms with Crippen LogP contribution >= 0.6 is 12.2 Å². The van der Waals surface area contributed by atoms with Gasteiger partial charge in [0.2, 0.25) is 0 Å². The van der Waals surface area contributed by atoms with Gasteiger partial charge < -0.3 is 5.11 Å². The Kier molecular flexibility index (Phi) is 1.14. The summed E-state index contributed by atoms with van der Waals surface area (Å²) in [6, 6.07) is 0. The van der Waals surface area contributed by atoms with Crippen molar-refractivity contribution in [1.29, 1.82) is 0 Å². The molecule has 0 aromatic heterocycles. The SMILES string of the molecule is O[C@H]1C[C@H]2C[C@@H]1CC2=S. The average Bonchev–Trinajstić information content (AvgIpc) is 2.24. The number of rotatable bonds is 0. The second-order valence-corrected chi connectivity index (χ2v) is 3.69. The first-order valence-electron chi connectivity index (χ1n) is 3.48. The number of fused-ring (bicyclic) bond motifs is 2. The zero-order chi connectivity index (χ0) is 6.43. The summed E-state index contributed by atoms with van der Waals surface area (Å²) >= 11 is 5.11. The van der Waals surface area contributed by atoms with E-state index in [1.54, 1.807) is 0 Å². The van der Waals surface area contributed by atoms with Crippen molar-refractivity contribution >= 4 is 17.1 Å². The highest BCUT2D eigenvalue weighted by molar-refractivity contribution is 7.80. The van der Waals surface area contributed by atoms with E-state index in [0.29, 0.717) is 11.8 Å². The Morgan fingerprint density at radius 2 is 2.22 bits per heavy atom. The lowest BCUT2D eigenvalue weighted by Crippen LogP contribution is -2.19. The van der Waals surface area contributed by atoms with Gasteiger partial charge in [-0.15, -0.1) is 0 Å². The van der Waals surface area contributed by atoms with Gasteiger partial charge in [0.1, 0.15) is 0 Å². The molecule has 2 aliphatic carbocycles. The summed E-state index contributed by atoms with van der Waals surface area (Å²) < 4.78 is 0. The highest BCUT2D eigenvalue weighted by Gasteiger charge is 2.41. The summed E-state index contributed by atoms with van der Waals surface area (Å²) in [7, 11) is 0. The molecule has 3 atom stereocenters. The van der Waals surface area contributed by atoms with Crippen LogP contribution in [0.15, 0.2) is 0 Å². The van der Waals surface area contributed by atoms with Gasteiger partial charge in [-0.25, -0.2) is 0 Å². The maximum absolute atomic E-state index is 9.28. The minimum atomic E-state index is -0.0262. The molecule has 0 aliphatic heterocycles. The average molecular weight is 142 g/mol. The fraction of sp³-hybridized carbons (Fsp3) is 0.857. The molecule has 2 aliphatic rings. The second kappa shape index (κ2) is 1.77. The van der Waals surface area contributed by atoms with E-state index in [9.17, 15) is 5.11 Å². The number of thiocarbonyl (C=S) groups is 1. The van der Waals surface area contributed by atoms with E-state index < -0.39 is 0 Å². The van der Waals surface area contributed by atoms with Crippen LogP contribution in [0.3, 0.4) is 0 Å². The Morgan fingerprint density at radius 1 is 1.44 bits per heavy atom. The molecule has 0 radical (unpaired) electrons. The predicted octanol–water partition coefficient (Wildman–Crippen LogP) is 1.15. The molecule has 0 saturated heterocycles. The van der Waals surface area contributed by atoms with Crippen LogP contribution in [0.4, 0.5) is 0 Å². The van der Waals surface area contributed by atoms with Gasteiger partial charge in [0.25, 0.3) is 0 Å². The van der Waals surface area contributed by atoms with Crippen molar-refractivity contribution in [2.24, 2.45) is 11.8 Å². The summed E-state index contributed by atoms with van der Waals surface area (Å²) in [6.07, 6.45) is 3.10. The molecule has 50 valence electrons. The van der Waals surface area contributed by atoms with E-state index in [1.165, 1.54) is 11.3 Å². The van der Waals surface area contributed by atoms with Crippen molar-refractivity contribution in [1.82, 2.24) is 0 Å². The quantitative estimate of drug-likeness (QED) is 0.512. The van der Waals surface area contributed by atoms with E-state index in [2.05, 4.69) is 0 Å². The second-order valence-electron chi connectivity index (χ2n) is 3.17. The van der Waals surface area contributed by atoms with Crippen LogP contribution in [0.1, 0.15) is 19.3 Å². The fourth-order valence-corrected chi connectivity index (χ4v) is 2.42. The summed E-state index contributed by atoms with van der Waals surface area (Å²) in [6.45, 7) is 0. The van der Waals surface area contributed by atoms with Crippen molar-refractivity contribution in [3.63, 3.8) is 0 Å². The summed E-state index contributed by atoms with van der Waals surface area (Å²) in [5.74, 6) is 1.13. The van der Waals surface area contributed by atoms with Gasteiger partial charge in [-0.3, -0.25) is 0 Å². The van der Waals surface area contributed by atoms with Crippen molar-refractivity contribution < 1.29 is 5.11 Å². The third kappa shape index (κ3) is 0.733. The lowest BCUT2D eigenvalue weighted by atomic mass is 9.98. The van der Waals surface area contributed by atoms with E-state index in [1.807, 2.05) is 0 Å². The molecular weight excluding hydrogens is 132 g/mol. The standard InChI is InChI=1S/C7H10OS/c8-6-2-5-1-4(6)3-7(5)9/h4-6,8H,1-3H2/t4-,5-,6+/m1/s1. The normalized spacial score (nSPS) is 48.6. The van der Waals surface area contributed by atoms with Crippen molar-refractivity contribution in [3.8, 4) is 0 Å². The van der Waals surface area contributed by atoms with Crippen LogP contribution in [0, 0.1) is 11.8 Å². The van der Waals surface area contributed by atoms with Gasteiger partial charge in [0, 0.05) is 0 Å². The van der Waals surface area contributed by atoms with E-state index in [-0.39, 0.29) is 6.10 Å². The van der Waals surface area contributed by atoms with Gasteiger partial charge >= 0.3 is 0 Å². The zero-order valence-electron chi connectivity index (χ0n) is 5.21. The predicted molar refractivity (Wildman–Crippen MR) is 39.4 cm³/mol.